The number of ether oxygens (including phenoxy) is 1. The Balaban J connectivity index is 1.77. The molecule has 30 heavy (non-hydrogen) atoms. The van der Waals surface area contributed by atoms with Crippen LogP contribution in [0.3, 0.4) is 0 Å². The molecule has 2 fully saturated rings. The number of esters is 1. The molecule has 0 spiro atoms. The molecule has 0 aliphatic heterocycles. The number of allylic oxidation sites excluding steroid dienone is 1. The van der Waals surface area contributed by atoms with Gasteiger partial charge < -0.3 is 14.5 Å². The monoisotopic (exact) mass is 416 g/mol. The first-order valence-corrected chi connectivity index (χ1v) is 11.7. The van der Waals surface area contributed by atoms with E-state index < -0.39 is 0 Å². The fourth-order valence-corrected chi connectivity index (χ4v) is 6.43. The first-order chi connectivity index (χ1) is 14.0. The Kier molecular flexibility index (Phi) is 6.57. The van der Waals surface area contributed by atoms with E-state index in [9.17, 15) is 4.79 Å². The number of hydrogen-bond acceptors (Lipinski definition) is 3. The third-order valence-corrected chi connectivity index (χ3v) is 8.11. The van der Waals surface area contributed by atoms with Crippen molar-refractivity contribution in [2.24, 2.45) is 22.7 Å². The molecule has 2 aliphatic carbocycles. The van der Waals surface area contributed by atoms with Crippen LogP contribution < -0.4 is 5.32 Å². The number of fused-ring (bicyclic) bond motifs is 1. The summed E-state index contributed by atoms with van der Waals surface area (Å²) in [5.74, 6) is 1.87. The maximum absolute atomic E-state index is 12.8. The average molecular weight is 417 g/mol. The molecular weight excluding hydrogens is 374 g/mol. The Hall–Kier alpha value is -1.55. The van der Waals surface area contributed by atoms with E-state index in [0.717, 1.165) is 50.8 Å². The number of nitrogens with two attached hydrogens (primary N) is 1. The zero-order chi connectivity index (χ0) is 22.2. The highest BCUT2D eigenvalue weighted by Crippen LogP contribution is 2.62. The van der Waals surface area contributed by atoms with Gasteiger partial charge in [-0.05, 0) is 95.1 Å². The largest absolute Gasteiger partial charge is 0.469 e. The van der Waals surface area contributed by atoms with Crippen molar-refractivity contribution >= 4 is 5.97 Å². The van der Waals surface area contributed by atoms with Crippen LogP contribution in [0.1, 0.15) is 84.5 Å². The predicted molar refractivity (Wildman–Crippen MR) is 120 cm³/mol. The van der Waals surface area contributed by atoms with E-state index >= 15 is 0 Å². The van der Waals surface area contributed by atoms with Crippen molar-refractivity contribution in [2.75, 3.05) is 7.11 Å². The fourth-order valence-electron chi connectivity index (χ4n) is 6.43. The summed E-state index contributed by atoms with van der Waals surface area (Å²) < 4.78 is 11.1. The lowest BCUT2D eigenvalue weighted by Gasteiger charge is -2.57. The van der Waals surface area contributed by atoms with Gasteiger partial charge in [-0.3, -0.25) is 4.79 Å². The molecular formula is C26H42NO3+. The van der Waals surface area contributed by atoms with Crippen LogP contribution >= 0.6 is 0 Å². The lowest BCUT2D eigenvalue weighted by atomic mass is 9.46. The fraction of sp³-hybridized carbons (Fsp3) is 0.731. The molecule has 0 saturated heterocycles. The number of methoxy groups -OCH3 is 1. The molecule has 4 heteroatoms. The molecule has 3 rings (SSSR count). The SMILES string of the molecule is C=C1CC[C@@H]2[C@](C)(CCC[C@@]2(C)C(=O)OC)[C@H]1CCc1ccoc1C[NH2+]C(C)(C)C. The van der Waals surface area contributed by atoms with Gasteiger partial charge in [0.25, 0.3) is 0 Å². The number of rotatable bonds is 6. The molecule has 168 valence electrons. The molecule has 4 nitrogen and oxygen atoms in total. The second-order valence-corrected chi connectivity index (χ2v) is 11.3. The smallest absolute Gasteiger partial charge is 0.311 e. The van der Waals surface area contributed by atoms with E-state index in [-0.39, 0.29) is 22.3 Å². The Morgan fingerprint density at radius 3 is 2.73 bits per heavy atom. The second-order valence-electron chi connectivity index (χ2n) is 11.3. The van der Waals surface area contributed by atoms with Gasteiger partial charge in [0.05, 0.1) is 24.3 Å². The Bertz CT molecular complexity index is 773. The molecule has 0 aromatic carbocycles. The minimum Gasteiger partial charge on any atom is -0.469 e. The quantitative estimate of drug-likeness (QED) is 0.523. The van der Waals surface area contributed by atoms with Gasteiger partial charge in [-0.2, -0.15) is 0 Å². The Morgan fingerprint density at radius 2 is 2.07 bits per heavy atom. The summed E-state index contributed by atoms with van der Waals surface area (Å²) >= 11 is 0. The van der Waals surface area contributed by atoms with Crippen molar-refractivity contribution < 1.29 is 19.3 Å². The highest BCUT2D eigenvalue weighted by atomic mass is 16.5. The molecule has 0 amide bonds. The Morgan fingerprint density at radius 1 is 1.33 bits per heavy atom. The minimum atomic E-state index is -0.372. The number of aryl methyl sites for hydroxylation is 1. The number of carbonyl (C=O) groups excluding carboxylic acids is 1. The molecule has 4 atom stereocenters. The summed E-state index contributed by atoms with van der Waals surface area (Å²) in [6.45, 7) is 16.6. The van der Waals surface area contributed by atoms with E-state index in [1.54, 1.807) is 0 Å². The van der Waals surface area contributed by atoms with Crippen LogP contribution in [0.15, 0.2) is 28.9 Å². The summed E-state index contributed by atoms with van der Waals surface area (Å²) in [7, 11) is 1.54. The van der Waals surface area contributed by atoms with Crippen molar-refractivity contribution in [3.8, 4) is 0 Å². The molecule has 0 bridgehead atoms. The van der Waals surface area contributed by atoms with Gasteiger partial charge in [-0.1, -0.05) is 25.5 Å². The second kappa shape index (κ2) is 8.53. The zero-order valence-corrected chi connectivity index (χ0v) is 20.0. The zero-order valence-electron chi connectivity index (χ0n) is 20.0. The minimum absolute atomic E-state index is 0.0282. The topological polar surface area (TPSA) is 56.0 Å². The lowest BCUT2D eigenvalue weighted by Crippen LogP contribution is -2.93. The van der Waals surface area contributed by atoms with Crippen LogP contribution in [0.5, 0.6) is 0 Å². The standard InChI is InChI=1S/C26H41NO3/c1-18-9-12-22-25(5,14-8-15-26(22,6)23(28)29-7)20(18)11-10-19-13-16-30-21(19)17-27-24(2,3)4/h13,16,20,22,27H,1,8-12,14-15,17H2,2-7H3/p+1/t20-,22+,25+,26+/m0/s1. The lowest BCUT2D eigenvalue weighted by molar-refractivity contribution is -0.733. The first-order valence-electron chi connectivity index (χ1n) is 11.7. The van der Waals surface area contributed by atoms with Gasteiger partial charge in [0.15, 0.2) is 5.76 Å². The molecule has 0 radical (unpaired) electrons. The van der Waals surface area contributed by atoms with Crippen LogP contribution in [-0.4, -0.2) is 18.6 Å². The number of carbonyl (C=O) groups is 1. The van der Waals surface area contributed by atoms with Crippen LogP contribution in [0.2, 0.25) is 0 Å². The van der Waals surface area contributed by atoms with Crippen molar-refractivity contribution in [2.45, 2.75) is 91.6 Å². The van der Waals surface area contributed by atoms with Crippen LogP contribution in [0.25, 0.3) is 0 Å². The summed E-state index contributed by atoms with van der Waals surface area (Å²) in [6.07, 6.45) is 9.17. The number of furan rings is 1. The summed E-state index contributed by atoms with van der Waals surface area (Å²) in [4.78, 5) is 12.8. The number of quaternary nitrogens is 1. The van der Waals surface area contributed by atoms with E-state index in [1.165, 1.54) is 24.7 Å². The summed E-state index contributed by atoms with van der Waals surface area (Å²) in [6, 6.07) is 2.14. The molecule has 1 heterocycles. The van der Waals surface area contributed by atoms with E-state index in [4.69, 9.17) is 9.15 Å². The normalized spacial score (nSPS) is 32.0. The van der Waals surface area contributed by atoms with Gasteiger partial charge in [-0.15, -0.1) is 0 Å². The van der Waals surface area contributed by atoms with Gasteiger partial charge in [0, 0.05) is 0 Å². The molecule has 2 saturated carbocycles. The highest BCUT2D eigenvalue weighted by molar-refractivity contribution is 5.77. The molecule has 2 N–H and O–H groups in total. The van der Waals surface area contributed by atoms with Crippen molar-refractivity contribution in [1.82, 2.24) is 0 Å². The third-order valence-electron chi connectivity index (χ3n) is 8.11. The summed E-state index contributed by atoms with van der Waals surface area (Å²) in [5, 5.41) is 2.33. The maximum atomic E-state index is 12.8. The third kappa shape index (κ3) is 4.39. The van der Waals surface area contributed by atoms with Gasteiger partial charge in [0.1, 0.15) is 6.54 Å². The van der Waals surface area contributed by atoms with Gasteiger partial charge >= 0.3 is 5.97 Å². The first kappa shape index (κ1) is 23.1. The number of hydrogen-bond donors (Lipinski definition) is 1. The van der Waals surface area contributed by atoms with Crippen molar-refractivity contribution in [3.05, 3.63) is 35.8 Å². The van der Waals surface area contributed by atoms with Gasteiger partial charge in [0.2, 0.25) is 0 Å². The maximum Gasteiger partial charge on any atom is 0.311 e. The molecule has 2 aliphatic rings. The average Bonchev–Trinajstić information content (AvgIpc) is 3.11. The summed E-state index contributed by atoms with van der Waals surface area (Å²) in [5.41, 5.74) is 2.61. The van der Waals surface area contributed by atoms with Crippen LogP contribution in [-0.2, 0) is 22.5 Å². The van der Waals surface area contributed by atoms with E-state index in [1.807, 2.05) is 6.26 Å². The van der Waals surface area contributed by atoms with Crippen LogP contribution in [0.4, 0.5) is 0 Å². The van der Waals surface area contributed by atoms with Crippen LogP contribution in [0, 0.1) is 22.7 Å². The van der Waals surface area contributed by atoms with E-state index in [2.05, 4.69) is 52.6 Å². The highest BCUT2D eigenvalue weighted by Gasteiger charge is 2.57. The van der Waals surface area contributed by atoms with Crippen molar-refractivity contribution in [3.63, 3.8) is 0 Å². The van der Waals surface area contributed by atoms with Crippen molar-refractivity contribution in [1.29, 1.82) is 0 Å². The van der Waals surface area contributed by atoms with E-state index in [0.29, 0.717) is 11.8 Å². The van der Waals surface area contributed by atoms with Gasteiger partial charge in [-0.25, -0.2) is 0 Å². The molecule has 1 aromatic rings. The predicted octanol–water partition coefficient (Wildman–Crippen LogP) is 5.03. The molecule has 0 unspecified atom stereocenters. The Labute approximate surface area is 182 Å². The molecule has 1 aromatic heterocycles.